The summed E-state index contributed by atoms with van der Waals surface area (Å²) in [7, 11) is -0.403. The number of rotatable bonds is 4. The Hall–Kier alpha value is -1.12. The van der Waals surface area contributed by atoms with E-state index in [2.05, 4.69) is 94.6 Å². The third kappa shape index (κ3) is 3.31. The third-order valence-corrected chi connectivity index (χ3v) is 11.1. The molecular formula is C23H35NSi. The maximum absolute atomic E-state index is 4.03. The first-order chi connectivity index (χ1) is 11.8. The molecule has 1 saturated carbocycles. The summed E-state index contributed by atoms with van der Waals surface area (Å²) in [5.74, 6) is 0.771. The van der Waals surface area contributed by atoms with Gasteiger partial charge in [0.2, 0.25) is 0 Å². The molecule has 1 fully saturated rings. The van der Waals surface area contributed by atoms with Gasteiger partial charge in [0.15, 0.2) is 0 Å². The van der Waals surface area contributed by atoms with Crippen LogP contribution >= 0.6 is 0 Å². The van der Waals surface area contributed by atoms with Crippen LogP contribution in [0.5, 0.6) is 0 Å². The van der Waals surface area contributed by atoms with E-state index in [1.807, 2.05) is 0 Å². The molecule has 2 aliphatic rings. The van der Waals surface area contributed by atoms with Crippen LogP contribution in [-0.2, 0) is 0 Å². The Morgan fingerprint density at radius 2 is 1.64 bits per heavy atom. The van der Waals surface area contributed by atoms with Crippen LogP contribution in [0.3, 0.4) is 0 Å². The van der Waals surface area contributed by atoms with Gasteiger partial charge in [-0.25, -0.2) is 0 Å². The maximum atomic E-state index is 4.03. The predicted molar refractivity (Wildman–Crippen MR) is 113 cm³/mol. The molecule has 0 aliphatic heterocycles. The van der Waals surface area contributed by atoms with Crippen molar-refractivity contribution in [3.05, 3.63) is 54.6 Å². The van der Waals surface area contributed by atoms with Crippen molar-refractivity contribution in [2.75, 3.05) is 0 Å². The van der Waals surface area contributed by atoms with Crippen LogP contribution in [0.1, 0.15) is 53.9 Å². The minimum Gasteiger partial charge on any atom is -0.301 e. The molecule has 0 heterocycles. The molecule has 0 saturated heterocycles. The molecule has 3 unspecified atom stereocenters. The zero-order valence-corrected chi connectivity index (χ0v) is 18.1. The highest BCUT2D eigenvalue weighted by atomic mass is 28.2. The van der Waals surface area contributed by atoms with E-state index in [0.29, 0.717) is 11.1 Å². The molecule has 1 N–H and O–H groups in total. The van der Waals surface area contributed by atoms with Gasteiger partial charge in [-0.3, -0.25) is 0 Å². The summed E-state index contributed by atoms with van der Waals surface area (Å²) < 4.78 is 0. The van der Waals surface area contributed by atoms with Crippen LogP contribution in [0.2, 0.25) is 5.04 Å². The Bertz CT molecular complexity index is 635. The van der Waals surface area contributed by atoms with Crippen molar-refractivity contribution in [2.24, 2.45) is 11.3 Å². The Labute approximate surface area is 156 Å². The molecule has 1 aromatic carbocycles. The molecule has 25 heavy (non-hydrogen) atoms. The van der Waals surface area contributed by atoms with Crippen molar-refractivity contribution in [1.29, 1.82) is 0 Å². The van der Waals surface area contributed by atoms with Gasteiger partial charge in [0, 0.05) is 11.6 Å². The quantitative estimate of drug-likeness (QED) is 0.627. The largest absolute Gasteiger partial charge is 0.301 e. The zero-order valence-electron chi connectivity index (χ0n) is 16.7. The second-order valence-corrected chi connectivity index (χ2v) is 11.9. The van der Waals surface area contributed by atoms with Gasteiger partial charge >= 0.3 is 0 Å². The average Bonchev–Trinajstić information content (AvgIpc) is 3.05. The normalized spacial score (nSPS) is 35.5. The van der Waals surface area contributed by atoms with Crippen molar-refractivity contribution in [3.63, 3.8) is 0 Å². The summed E-state index contributed by atoms with van der Waals surface area (Å²) in [4.78, 5) is 0. The van der Waals surface area contributed by atoms with Crippen molar-refractivity contribution >= 4 is 14.7 Å². The molecule has 1 aromatic rings. The SMILES string of the molecule is CC1CCCC(C)(NC2C=CC=C2)C(C)(C)C1(C)[SiH2]c1ccccc1. The molecular weight excluding hydrogens is 318 g/mol. The van der Waals surface area contributed by atoms with Crippen LogP contribution < -0.4 is 10.5 Å². The monoisotopic (exact) mass is 353 g/mol. The highest BCUT2D eigenvalue weighted by molar-refractivity contribution is 6.57. The van der Waals surface area contributed by atoms with E-state index in [0.717, 1.165) is 5.92 Å². The Morgan fingerprint density at radius 1 is 1.00 bits per heavy atom. The first kappa shape index (κ1) is 18.7. The van der Waals surface area contributed by atoms with Crippen LogP contribution in [0.4, 0.5) is 0 Å². The summed E-state index contributed by atoms with van der Waals surface area (Å²) in [6.07, 6.45) is 12.9. The number of nitrogens with one attached hydrogen (secondary N) is 1. The molecule has 0 spiro atoms. The lowest BCUT2D eigenvalue weighted by Crippen LogP contribution is -2.61. The van der Waals surface area contributed by atoms with E-state index in [-0.39, 0.29) is 11.0 Å². The summed E-state index contributed by atoms with van der Waals surface area (Å²) >= 11 is 0. The Balaban J connectivity index is 1.96. The molecule has 3 atom stereocenters. The van der Waals surface area contributed by atoms with E-state index >= 15 is 0 Å². The first-order valence-corrected chi connectivity index (χ1v) is 11.4. The molecule has 1 nitrogen and oxygen atoms in total. The topological polar surface area (TPSA) is 12.0 Å². The van der Waals surface area contributed by atoms with Gasteiger partial charge < -0.3 is 5.32 Å². The smallest absolute Gasteiger partial charge is 0.0615 e. The van der Waals surface area contributed by atoms with Gasteiger partial charge in [-0.15, -0.1) is 0 Å². The van der Waals surface area contributed by atoms with Crippen LogP contribution in [0.25, 0.3) is 0 Å². The standard InChI is InChI=1S/C23H35NSi/c1-18-12-11-17-22(4,24-19-13-9-10-14-19)21(2,3)23(18,5)25-20-15-7-6-8-16-20/h6-10,13-16,18-19,24H,11-12,17,25H2,1-5H3. The fourth-order valence-electron chi connectivity index (χ4n) is 5.20. The molecule has 2 aliphatic carbocycles. The molecule has 0 bridgehead atoms. The van der Waals surface area contributed by atoms with Gasteiger partial charge in [-0.2, -0.15) is 0 Å². The number of allylic oxidation sites excluding steroid dienone is 2. The van der Waals surface area contributed by atoms with Crippen molar-refractivity contribution in [3.8, 4) is 0 Å². The highest BCUT2D eigenvalue weighted by Crippen LogP contribution is 2.60. The van der Waals surface area contributed by atoms with Gasteiger partial charge in [-0.1, -0.05) is 100 Å². The summed E-state index contributed by atoms with van der Waals surface area (Å²) in [6, 6.07) is 11.7. The second kappa shape index (κ2) is 6.89. The first-order valence-electron chi connectivity index (χ1n) is 9.95. The van der Waals surface area contributed by atoms with Gasteiger partial charge in [0.05, 0.1) is 9.52 Å². The lowest BCUT2D eigenvalue weighted by atomic mass is 9.62. The second-order valence-electron chi connectivity index (χ2n) is 9.27. The minimum atomic E-state index is -0.403. The number of hydrogen-bond acceptors (Lipinski definition) is 1. The van der Waals surface area contributed by atoms with Gasteiger partial charge in [-0.05, 0) is 29.7 Å². The minimum absolute atomic E-state index is 0.151. The van der Waals surface area contributed by atoms with Crippen LogP contribution in [-0.4, -0.2) is 21.1 Å². The van der Waals surface area contributed by atoms with E-state index in [9.17, 15) is 0 Å². The predicted octanol–water partition coefficient (Wildman–Crippen LogP) is 4.35. The lowest BCUT2D eigenvalue weighted by molar-refractivity contribution is 0.0660. The molecule has 2 heteroatoms. The molecule has 136 valence electrons. The lowest BCUT2D eigenvalue weighted by Gasteiger charge is -2.57. The summed E-state index contributed by atoms with van der Waals surface area (Å²) in [5.41, 5.74) is 0.389. The van der Waals surface area contributed by atoms with E-state index in [4.69, 9.17) is 0 Å². The van der Waals surface area contributed by atoms with Gasteiger partial charge in [0.25, 0.3) is 0 Å². The van der Waals surface area contributed by atoms with E-state index in [1.165, 1.54) is 19.3 Å². The zero-order chi connectivity index (χ0) is 18.1. The maximum Gasteiger partial charge on any atom is 0.0615 e. The van der Waals surface area contributed by atoms with Crippen molar-refractivity contribution in [1.82, 2.24) is 5.32 Å². The molecule has 0 radical (unpaired) electrons. The summed E-state index contributed by atoms with van der Waals surface area (Å²) in [5, 5.41) is 6.03. The fraction of sp³-hybridized carbons (Fsp3) is 0.565. The average molecular weight is 354 g/mol. The van der Waals surface area contributed by atoms with Crippen LogP contribution in [0.15, 0.2) is 54.6 Å². The number of hydrogen-bond donors (Lipinski definition) is 1. The third-order valence-electron chi connectivity index (χ3n) is 7.86. The molecule has 3 rings (SSSR count). The highest BCUT2D eigenvalue weighted by Gasteiger charge is 2.56. The summed E-state index contributed by atoms with van der Waals surface area (Å²) in [6.45, 7) is 12.7. The number of benzene rings is 1. The van der Waals surface area contributed by atoms with E-state index in [1.54, 1.807) is 5.19 Å². The Kier molecular flexibility index (Phi) is 5.14. The fourth-order valence-corrected chi connectivity index (χ4v) is 7.94. The molecule has 0 aromatic heterocycles. The Morgan fingerprint density at radius 3 is 2.28 bits per heavy atom. The van der Waals surface area contributed by atoms with Crippen LogP contribution in [0, 0.1) is 11.3 Å². The van der Waals surface area contributed by atoms with Crippen molar-refractivity contribution < 1.29 is 0 Å². The van der Waals surface area contributed by atoms with Crippen molar-refractivity contribution in [2.45, 2.75) is 70.5 Å². The van der Waals surface area contributed by atoms with Gasteiger partial charge in [0.1, 0.15) is 0 Å². The molecule has 0 amide bonds. The van der Waals surface area contributed by atoms with E-state index < -0.39 is 9.52 Å².